The van der Waals surface area contributed by atoms with Crippen LogP contribution in [0.2, 0.25) is 0 Å². The lowest BCUT2D eigenvalue weighted by Gasteiger charge is -2.12. The van der Waals surface area contributed by atoms with Gasteiger partial charge in [0.15, 0.2) is 17.4 Å². The van der Waals surface area contributed by atoms with Crippen molar-refractivity contribution in [3.8, 4) is 5.75 Å². The van der Waals surface area contributed by atoms with Crippen LogP contribution in [0.1, 0.15) is 46.4 Å². The average molecular weight is 491 g/mol. The molecule has 1 aliphatic carbocycles. The largest absolute Gasteiger partial charge is 0.483 e. The Morgan fingerprint density at radius 3 is 2.91 bits per heavy atom. The van der Waals surface area contributed by atoms with Gasteiger partial charge in [-0.3, -0.25) is 9.89 Å². The standard InChI is InChI=1S/C22H23FN4O4S2/c1-2-30-21(29)19-13-7-3-6-10-16(13)33-20(19)25-18(28)12-32-22-24-17(26-27-22)11-31-15-9-5-4-8-14(15)23/h4-5,8-9H,2-3,6-7,10-12H2,1H3,(H,25,28)(H,24,26,27). The molecule has 0 bridgehead atoms. The van der Waals surface area contributed by atoms with E-state index in [2.05, 4.69) is 20.5 Å². The molecule has 0 fully saturated rings. The smallest absolute Gasteiger partial charge is 0.341 e. The van der Waals surface area contributed by atoms with Crippen molar-refractivity contribution in [2.75, 3.05) is 17.7 Å². The topological polar surface area (TPSA) is 106 Å². The molecule has 0 radical (unpaired) electrons. The maximum atomic E-state index is 13.6. The van der Waals surface area contributed by atoms with E-state index in [-0.39, 0.29) is 30.6 Å². The number of esters is 1. The van der Waals surface area contributed by atoms with E-state index >= 15 is 0 Å². The number of halogens is 1. The van der Waals surface area contributed by atoms with Gasteiger partial charge in [0.1, 0.15) is 11.6 Å². The Morgan fingerprint density at radius 2 is 2.09 bits per heavy atom. The van der Waals surface area contributed by atoms with E-state index in [9.17, 15) is 14.0 Å². The number of benzene rings is 1. The Kier molecular flexibility index (Phi) is 7.61. The number of anilines is 1. The first kappa shape index (κ1) is 23.2. The molecule has 0 unspecified atom stereocenters. The van der Waals surface area contributed by atoms with Crippen molar-refractivity contribution < 1.29 is 23.5 Å². The molecule has 1 amide bonds. The lowest BCUT2D eigenvalue weighted by Crippen LogP contribution is -2.17. The number of aromatic nitrogens is 3. The number of carbonyl (C=O) groups is 2. The molecule has 174 valence electrons. The third-order valence-electron chi connectivity index (χ3n) is 4.95. The van der Waals surface area contributed by atoms with E-state index in [0.717, 1.165) is 47.9 Å². The third kappa shape index (κ3) is 5.72. The maximum Gasteiger partial charge on any atom is 0.341 e. The number of ether oxygens (including phenoxy) is 2. The number of hydrogen-bond acceptors (Lipinski definition) is 8. The molecule has 4 rings (SSSR count). The summed E-state index contributed by atoms with van der Waals surface area (Å²) in [6.07, 6.45) is 3.82. The van der Waals surface area contributed by atoms with Gasteiger partial charge in [-0.15, -0.1) is 16.4 Å². The number of hydrogen-bond donors (Lipinski definition) is 2. The van der Waals surface area contributed by atoms with Crippen LogP contribution in [0.3, 0.4) is 0 Å². The summed E-state index contributed by atoms with van der Waals surface area (Å²) >= 11 is 2.60. The number of para-hydroxylation sites is 1. The predicted octanol–water partition coefficient (Wildman–Crippen LogP) is 4.37. The number of aryl methyl sites for hydroxylation is 1. The van der Waals surface area contributed by atoms with Gasteiger partial charge in [-0.05, 0) is 50.3 Å². The second-order valence-electron chi connectivity index (χ2n) is 7.26. The molecule has 0 saturated carbocycles. The molecule has 0 saturated heterocycles. The zero-order chi connectivity index (χ0) is 23.2. The highest BCUT2D eigenvalue weighted by molar-refractivity contribution is 7.99. The quantitative estimate of drug-likeness (QED) is 0.339. The minimum Gasteiger partial charge on any atom is -0.483 e. The van der Waals surface area contributed by atoms with Gasteiger partial charge in [0.05, 0.1) is 17.9 Å². The summed E-state index contributed by atoms with van der Waals surface area (Å²) in [6, 6.07) is 6.10. The maximum absolute atomic E-state index is 13.6. The first-order chi connectivity index (χ1) is 16.0. The zero-order valence-electron chi connectivity index (χ0n) is 18.0. The van der Waals surface area contributed by atoms with Crippen molar-refractivity contribution in [1.82, 2.24) is 15.2 Å². The van der Waals surface area contributed by atoms with Crippen LogP contribution < -0.4 is 10.1 Å². The van der Waals surface area contributed by atoms with E-state index in [1.165, 1.54) is 23.5 Å². The molecule has 11 heteroatoms. The normalized spacial score (nSPS) is 12.8. The van der Waals surface area contributed by atoms with Crippen LogP contribution in [0.25, 0.3) is 0 Å². The van der Waals surface area contributed by atoms with E-state index < -0.39 is 11.8 Å². The van der Waals surface area contributed by atoms with E-state index in [0.29, 0.717) is 21.5 Å². The van der Waals surface area contributed by atoms with Crippen LogP contribution in [0, 0.1) is 5.82 Å². The van der Waals surface area contributed by atoms with Crippen molar-refractivity contribution in [3.05, 3.63) is 51.9 Å². The van der Waals surface area contributed by atoms with Crippen LogP contribution in [0.4, 0.5) is 9.39 Å². The van der Waals surface area contributed by atoms with Crippen LogP contribution in [0.5, 0.6) is 5.75 Å². The number of rotatable bonds is 9. The molecule has 0 spiro atoms. The molecule has 3 aromatic rings. The number of nitrogens with zero attached hydrogens (tertiary/aromatic N) is 2. The minimum atomic E-state index is -0.458. The van der Waals surface area contributed by atoms with Crippen LogP contribution >= 0.6 is 23.1 Å². The van der Waals surface area contributed by atoms with Crippen molar-refractivity contribution in [1.29, 1.82) is 0 Å². The van der Waals surface area contributed by atoms with Gasteiger partial charge in [-0.1, -0.05) is 23.9 Å². The monoisotopic (exact) mass is 490 g/mol. The SMILES string of the molecule is CCOC(=O)c1c(NC(=O)CSc2n[nH]c(COc3ccccc3F)n2)sc2c1CCCC2. The lowest BCUT2D eigenvalue weighted by atomic mass is 9.95. The predicted molar refractivity (Wildman–Crippen MR) is 123 cm³/mol. The summed E-state index contributed by atoms with van der Waals surface area (Å²) < 4.78 is 24.3. The molecule has 2 N–H and O–H groups in total. The van der Waals surface area contributed by atoms with Gasteiger partial charge in [-0.2, -0.15) is 0 Å². The Bertz CT molecular complexity index is 1150. The summed E-state index contributed by atoms with van der Waals surface area (Å²) in [7, 11) is 0. The number of carbonyl (C=O) groups excluding carboxylic acids is 2. The molecular weight excluding hydrogens is 467 g/mol. The third-order valence-corrected chi connectivity index (χ3v) is 7.00. The van der Waals surface area contributed by atoms with Gasteiger partial charge < -0.3 is 14.8 Å². The molecule has 2 aromatic heterocycles. The van der Waals surface area contributed by atoms with Crippen molar-refractivity contribution >= 4 is 40.0 Å². The molecule has 0 atom stereocenters. The Balaban J connectivity index is 1.34. The Hall–Kier alpha value is -2.92. The Labute approximate surface area is 198 Å². The first-order valence-corrected chi connectivity index (χ1v) is 12.4. The summed E-state index contributed by atoms with van der Waals surface area (Å²) in [5, 5.41) is 10.5. The second-order valence-corrected chi connectivity index (χ2v) is 9.30. The summed E-state index contributed by atoms with van der Waals surface area (Å²) in [4.78, 5) is 30.5. The fourth-order valence-corrected chi connectivity index (χ4v) is 5.39. The minimum absolute atomic E-state index is 0.0182. The average Bonchev–Trinajstić information content (AvgIpc) is 3.41. The highest BCUT2D eigenvalue weighted by Gasteiger charge is 2.27. The molecule has 0 aliphatic heterocycles. The number of H-pyrrole nitrogens is 1. The van der Waals surface area contributed by atoms with Crippen molar-refractivity contribution in [2.24, 2.45) is 0 Å². The van der Waals surface area contributed by atoms with Crippen molar-refractivity contribution in [3.63, 3.8) is 0 Å². The van der Waals surface area contributed by atoms with E-state index in [1.54, 1.807) is 19.1 Å². The highest BCUT2D eigenvalue weighted by atomic mass is 32.2. The van der Waals surface area contributed by atoms with Gasteiger partial charge in [0, 0.05) is 4.88 Å². The summed E-state index contributed by atoms with van der Waals surface area (Å²) in [5.74, 6) is -0.515. The van der Waals surface area contributed by atoms with Gasteiger partial charge in [0.25, 0.3) is 0 Å². The number of amides is 1. The Morgan fingerprint density at radius 1 is 1.27 bits per heavy atom. The van der Waals surface area contributed by atoms with Gasteiger partial charge >= 0.3 is 5.97 Å². The molecule has 2 heterocycles. The molecule has 8 nitrogen and oxygen atoms in total. The highest BCUT2D eigenvalue weighted by Crippen LogP contribution is 2.38. The first-order valence-electron chi connectivity index (χ1n) is 10.6. The van der Waals surface area contributed by atoms with Crippen LogP contribution in [-0.2, 0) is 29.0 Å². The number of aromatic amines is 1. The number of nitrogens with one attached hydrogen (secondary N) is 2. The van der Waals surface area contributed by atoms with Gasteiger partial charge in [-0.25, -0.2) is 14.2 Å². The molecule has 33 heavy (non-hydrogen) atoms. The zero-order valence-corrected chi connectivity index (χ0v) is 19.6. The fraction of sp³-hybridized carbons (Fsp3) is 0.364. The fourth-order valence-electron chi connectivity index (χ4n) is 3.48. The van der Waals surface area contributed by atoms with E-state index in [1.807, 2.05) is 0 Å². The number of thioether (sulfide) groups is 1. The molecule has 1 aliphatic rings. The second kappa shape index (κ2) is 10.8. The summed E-state index contributed by atoms with van der Waals surface area (Å²) in [5.41, 5.74) is 1.49. The van der Waals surface area contributed by atoms with Crippen LogP contribution in [0.15, 0.2) is 29.4 Å². The lowest BCUT2D eigenvalue weighted by molar-refractivity contribution is -0.113. The van der Waals surface area contributed by atoms with Crippen molar-refractivity contribution in [2.45, 2.75) is 44.4 Å². The molecular formula is C22H23FN4O4S2. The van der Waals surface area contributed by atoms with Gasteiger partial charge in [0.2, 0.25) is 11.1 Å². The van der Waals surface area contributed by atoms with Crippen LogP contribution in [-0.4, -0.2) is 39.4 Å². The number of thiophene rings is 1. The summed E-state index contributed by atoms with van der Waals surface area (Å²) in [6.45, 7) is 2.06. The number of fused-ring (bicyclic) bond motifs is 1. The van der Waals surface area contributed by atoms with E-state index in [4.69, 9.17) is 9.47 Å². The molecule has 1 aromatic carbocycles.